The predicted octanol–water partition coefficient (Wildman–Crippen LogP) is 6.56. The van der Waals surface area contributed by atoms with Crippen molar-refractivity contribution in [3.8, 4) is 22.9 Å². The van der Waals surface area contributed by atoms with Gasteiger partial charge in [0.2, 0.25) is 21.9 Å². The number of methoxy groups -OCH3 is 1. The van der Waals surface area contributed by atoms with Gasteiger partial charge in [-0.05, 0) is 75.9 Å². The van der Waals surface area contributed by atoms with Crippen LogP contribution in [0.15, 0.2) is 82.7 Å². The third-order valence-corrected chi connectivity index (χ3v) is 14.7. The molecule has 4 aliphatic heterocycles. The number of aryl methyl sites for hydroxylation is 2. The zero-order chi connectivity index (χ0) is 51.9. The average Bonchev–Trinajstić information content (AvgIpc) is 3.35. The van der Waals surface area contributed by atoms with Crippen LogP contribution in [0.4, 0.5) is 16.0 Å². The summed E-state index contributed by atoms with van der Waals surface area (Å²) in [5.74, 6) is 0.337. The molecule has 394 valence electrons. The van der Waals surface area contributed by atoms with Crippen molar-refractivity contribution in [2.45, 2.75) is 80.5 Å². The Morgan fingerprint density at radius 1 is 0.722 bits per heavy atom. The average molecular weight is 1080 g/mol. The molecular weight excluding hydrogens is 1020 g/mol. The van der Waals surface area contributed by atoms with Gasteiger partial charge in [0.05, 0.1) is 67.5 Å². The summed E-state index contributed by atoms with van der Waals surface area (Å²) in [6, 6.07) is 17.3. The van der Waals surface area contributed by atoms with Crippen LogP contribution in [0.25, 0.3) is 22.2 Å². The number of hydrogen-bond donors (Lipinski definition) is 2. The molecule has 72 heavy (non-hydrogen) atoms. The molecule has 0 amide bonds. The van der Waals surface area contributed by atoms with Gasteiger partial charge in [0, 0.05) is 86.3 Å². The first-order chi connectivity index (χ1) is 34.3. The van der Waals surface area contributed by atoms with Crippen LogP contribution in [0.1, 0.15) is 49.7 Å². The number of nitrogens with zero attached hydrogens (tertiary/aromatic N) is 4. The fourth-order valence-electron chi connectivity index (χ4n) is 7.46. The van der Waals surface area contributed by atoms with Gasteiger partial charge in [-0.15, -0.1) is 0 Å². The SMILES string of the molecule is COc1ncc(-c2nc(N3CCOCC3)nc3c(OC4CCOCC4)cc(F)cc23)cc1NS(C)(=O)=O.Cc1ccc(S(=O)(=O)Cl)cc1.Cc1ccc(S(=O)(=O)OC2CCOCC2)cc1.OC1CCOCC1. The smallest absolute Gasteiger partial charge is 0.297 e. The molecule has 6 heterocycles. The van der Waals surface area contributed by atoms with Crippen molar-refractivity contribution >= 4 is 62.4 Å². The Bertz CT molecular complexity index is 2880. The van der Waals surface area contributed by atoms with Crippen LogP contribution < -0.4 is 19.1 Å². The lowest BCUT2D eigenvalue weighted by atomic mass is 10.1. The molecular formula is C48H61ClFN5O14S3. The Hall–Kier alpha value is -4.82. The number of hydrogen-bond acceptors (Lipinski definition) is 18. The van der Waals surface area contributed by atoms with E-state index in [1.54, 1.807) is 42.5 Å². The Labute approximate surface area is 424 Å². The summed E-state index contributed by atoms with van der Waals surface area (Å²) >= 11 is 0. The number of benzene rings is 3. The monoisotopic (exact) mass is 1080 g/mol. The summed E-state index contributed by atoms with van der Waals surface area (Å²) in [6.45, 7) is 9.77. The first-order valence-electron chi connectivity index (χ1n) is 23.2. The normalized spacial score (nSPS) is 17.3. The minimum atomic E-state index is -3.63. The van der Waals surface area contributed by atoms with Crippen molar-refractivity contribution in [1.82, 2.24) is 15.0 Å². The summed E-state index contributed by atoms with van der Waals surface area (Å²) in [4.78, 5) is 16.2. The van der Waals surface area contributed by atoms with Gasteiger partial charge in [-0.2, -0.15) is 8.42 Å². The van der Waals surface area contributed by atoms with Crippen LogP contribution in [-0.4, -0.2) is 143 Å². The molecule has 4 saturated heterocycles. The zero-order valence-corrected chi connectivity index (χ0v) is 43.7. The molecule has 0 spiro atoms. The van der Waals surface area contributed by atoms with E-state index in [2.05, 4.69) is 9.71 Å². The van der Waals surface area contributed by atoms with Gasteiger partial charge in [-0.25, -0.2) is 36.2 Å². The maximum Gasteiger partial charge on any atom is 0.297 e. The Morgan fingerprint density at radius 3 is 1.76 bits per heavy atom. The quantitative estimate of drug-likeness (QED) is 0.105. The highest BCUT2D eigenvalue weighted by Crippen LogP contribution is 2.37. The second-order valence-corrected chi connectivity index (χ2v) is 23.0. The van der Waals surface area contributed by atoms with Crippen LogP contribution in [0, 0.1) is 19.7 Å². The highest BCUT2D eigenvalue weighted by molar-refractivity contribution is 8.13. The standard InChI is InChI=1S/C24H28FN5O6S.C12H16O4S.C7H7ClO2S.C5H10O2/c1-33-23-19(29-37(2,31)32)11-15(14-26-23)21-18-12-16(25)13-20(36-17-3-7-34-8-4-17)22(18)28-24(27-21)30-5-9-35-10-6-30;1-10-2-4-12(5-3-10)17(13,14)16-11-6-8-15-9-7-11;1-6-2-4-7(5-3-6)11(8,9)10;6-5-1-3-7-4-2-5/h11-14,17,29H,3-10H2,1-2H3;2-5,11H,6-9H2,1H3;2-5H,1H3;5-6H,1-4H2. The number of sulfonamides is 1. The molecule has 0 bridgehead atoms. The Kier molecular flexibility index (Phi) is 20.7. The molecule has 2 aromatic heterocycles. The van der Waals surface area contributed by atoms with Gasteiger partial charge in [-0.1, -0.05) is 35.4 Å². The molecule has 4 aliphatic rings. The van der Waals surface area contributed by atoms with Gasteiger partial charge in [0.1, 0.15) is 28.9 Å². The second-order valence-electron chi connectivity index (χ2n) is 17.1. The van der Waals surface area contributed by atoms with Crippen LogP contribution in [0.3, 0.4) is 0 Å². The second kappa shape index (κ2) is 26.4. The van der Waals surface area contributed by atoms with Crippen molar-refractivity contribution in [3.05, 3.63) is 89.9 Å². The molecule has 0 radical (unpaired) electrons. The fraction of sp³-hybridized carbons (Fsp3) is 0.479. The zero-order valence-electron chi connectivity index (χ0n) is 40.5. The van der Waals surface area contributed by atoms with E-state index in [-0.39, 0.29) is 39.7 Å². The van der Waals surface area contributed by atoms with Crippen LogP contribution in [-0.2, 0) is 52.3 Å². The molecule has 0 atom stereocenters. The number of ether oxygens (including phenoxy) is 6. The molecule has 9 rings (SSSR count). The molecule has 5 aromatic rings. The number of aliphatic hydroxyl groups is 1. The number of halogens is 2. The van der Waals surface area contributed by atoms with Crippen LogP contribution >= 0.6 is 10.7 Å². The molecule has 4 fully saturated rings. The summed E-state index contributed by atoms with van der Waals surface area (Å²) < 4.78 is 124. The van der Waals surface area contributed by atoms with E-state index in [9.17, 15) is 29.6 Å². The van der Waals surface area contributed by atoms with Gasteiger partial charge < -0.3 is 38.4 Å². The number of rotatable bonds is 11. The maximum absolute atomic E-state index is 14.9. The van der Waals surface area contributed by atoms with Gasteiger partial charge in [0.15, 0.2) is 0 Å². The minimum absolute atomic E-state index is 0.0891. The highest BCUT2D eigenvalue weighted by Gasteiger charge is 2.26. The molecule has 0 saturated carbocycles. The van der Waals surface area contributed by atoms with Crippen molar-refractivity contribution < 1.29 is 67.4 Å². The van der Waals surface area contributed by atoms with Crippen molar-refractivity contribution in [2.24, 2.45) is 0 Å². The highest BCUT2D eigenvalue weighted by atomic mass is 35.7. The maximum atomic E-state index is 14.9. The third-order valence-electron chi connectivity index (χ3n) is 11.3. The van der Waals surface area contributed by atoms with Crippen LogP contribution in [0.2, 0.25) is 0 Å². The summed E-state index contributed by atoms with van der Waals surface area (Å²) in [5, 5.41) is 9.24. The van der Waals surface area contributed by atoms with Gasteiger partial charge in [0.25, 0.3) is 19.2 Å². The predicted molar refractivity (Wildman–Crippen MR) is 269 cm³/mol. The fourth-order valence-corrected chi connectivity index (χ4v) is 9.91. The van der Waals surface area contributed by atoms with E-state index in [1.807, 2.05) is 18.7 Å². The lowest BCUT2D eigenvalue weighted by molar-refractivity contribution is 0.0140. The lowest BCUT2D eigenvalue weighted by Crippen LogP contribution is -2.37. The summed E-state index contributed by atoms with van der Waals surface area (Å²) in [5.41, 5.74) is 3.46. The van der Waals surface area contributed by atoms with Gasteiger partial charge in [-0.3, -0.25) is 8.91 Å². The van der Waals surface area contributed by atoms with Crippen LogP contribution in [0.5, 0.6) is 11.6 Å². The van der Waals surface area contributed by atoms with Crippen molar-refractivity contribution in [2.75, 3.05) is 88.9 Å². The van der Waals surface area contributed by atoms with E-state index >= 15 is 0 Å². The van der Waals surface area contributed by atoms with Crippen molar-refractivity contribution in [1.29, 1.82) is 0 Å². The molecule has 0 unspecified atom stereocenters. The third kappa shape index (κ3) is 17.4. The summed E-state index contributed by atoms with van der Waals surface area (Å²) in [7, 11) is -4.33. The minimum Gasteiger partial charge on any atom is -0.488 e. The largest absolute Gasteiger partial charge is 0.488 e. The molecule has 19 nitrogen and oxygen atoms in total. The number of anilines is 2. The van der Waals surface area contributed by atoms with E-state index in [0.717, 1.165) is 43.4 Å². The number of nitrogens with one attached hydrogen (secondary N) is 1. The number of aromatic nitrogens is 3. The molecule has 3 aromatic carbocycles. The number of morpholine rings is 1. The first kappa shape index (κ1) is 56.5. The summed E-state index contributed by atoms with van der Waals surface area (Å²) in [6.07, 6.45) is 6.34. The first-order valence-corrected chi connectivity index (χ1v) is 28.8. The lowest BCUT2D eigenvalue weighted by Gasteiger charge is -2.28. The number of pyridine rings is 1. The van der Waals surface area contributed by atoms with Crippen molar-refractivity contribution in [3.63, 3.8) is 0 Å². The Balaban J connectivity index is 0.000000197. The van der Waals surface area contributed by atoms with E-state index in [1.165, 1.54) is 37.6 Å². The molecule has 0 aliphatic carbocycles. The van der Waals surface area contributed by atoms with E-state index in [4.69, 9.17) is 58.4 Å². The number of fused-ring (bicyclic) bond motifs is 1. The van der Waals surface area contributed by atoms with E-state index in [0.29, 0.717) is 112 Å². The van der Waals surface area contributed by atoms with E-state index < -0.39 is 35.0 Å². The topological polar surface area (TPSA) is 241 Å². The Morgan fingerprint density at radius 2 is 1.25 bits per heavy atom. The molecule has 2 N–H and O–H groups in total. The molecule has 24 heteroatoms. The van der Waals surface area contributed by atoms with Gasteiger partial charge >= 0.3 is 0 Å². The number of aliphatic hydroxyl groups excluding tert-OH is 1.